The lowest BCUT2D eigenvalue weighted by molar-refractivity contribution is -0.139. The SMILES string of the molecule is O=C([C@@H]1Cc2ccccc2O1)N1CCC(c2ccnc(-c3ccccc3)n2)CC1. The Hall–Kier alpha value is -3.21. The van der Waals surface area contributed by atoms with Crippen LogP contribution in [0.2, 0.25) is 0 Å². The number of hydrogen-bond donors (Lipinski definition) is 0. The monoisotopic (exact) mass is 385 g/mol. The van der Waals surface area contributed by atoms with Gasteiger partial charge in [0.05, 0.1) is 0 Å². The van der Waals surface area contributed by atoms with Gasteiger partial charge in [-0.1, -0.05) is 48.5 Å². The summed E-state index contributed by atoms with van der Waals surface area (Å²) >= 11 is 0. The molecule has 1 saturated heterocycles. The van der Waals surface area contributed by atoms with Gasteiger partial charge >= 0.3 is 0 Å². The van der Waals surface area contributed by atoms with Crippen LogP contribution in [0.5, 0.6) is 5.75 Å². The zero-order chi connectivity index (χ0) is 19.6. The van der Waals surface area contributed by atoms with Crippen molar-refractivity contribution >= 4 is 5.91 Å². The highest BCUT2D eigenvalue weighted by atomic mass is 16.5. The minimum absolute atomic E-state index is 0.104. The Balaban J connectivity index is 1.23. The van der Waals surface area contributed by atoms with Gasteiger partial charge in [0, 0.05) is 42.9 Å². The van der Waals surface area contributed by atoms with Crippen molar-refractivity contribution in [3.05, 3.63) is 78.1 Å². The molecule has 0 bridgehead atoms. The third-order valence-electron chi connectivity index (χ3n) is 5.86. The van der Waals surface area contributed by atoms with Gasteiger partial charge in [0.2, 0.25) is 0 Å². The summed E-state index contributed by atoms with van der Waals surface area (Å²) in [6.07, 6.45) is 3.95. The lowest BCUT2D eigenvalue weighted by Crippen LogP contribution is -2.45. The van der Waals surface area contributed by atoms with E-state index >= 15 is 0 Å². The van der Waals surface area contributed by atoms with Crippen LogP contribution in [0.1, 0.15) is 30.0 Å². The Labute approximate surface area is 170 Å². The highest BCUT2D eigenvalue weighted by Crippen LogP contribution is 2.31. The summed E-state index contributed by atoms with van der Waals surface area (Å²) in [5.41, 5.74) is 3.21. The molecule has 1 amide bonds. The molecule has 2 aliphatic heterocycles. The minimum atomic E-state index is -0.382. The van der Waals surface area contributed by atoms with Crippen molar-refractivity contribution in [2.24, 2.45) is 0 Å². The molecule has 5 rings (SSSR count). The first-order valence-corrected chi connectivity index (χ1v) is 10.2. The number of para-hydroxylation sites is 1. The Morgan fingerprint density at radius 3 is 2.52 bits per heavy atom. The van der Waals surface area contributed by atoms with Crippen LogP contribution in [0.3, 0.4) is 0 Å². The molecular weight excluding hydrogens is 362 g/mol. The molecule has 0 N–H and O–H groups in total. The molecule has 0 unspecified atom stereocenters. The first kappa shape index (κ1) is 17.9. The van der Waals surface area contributed by atoms with Crippen LogP contribution in [0.4, 0.5) is 0 Å². The lowest BCUT2D eigenvalue weighted by Gasteiger charge is -2.33. The average molecular weight is 385 g/mol. The number of likely N-dealkylation sites (tertiary alicyclic amines) is 1. The van der Waals surface area contributed by atoms with Crippen molar-refractivity contribution in [3.63, 3.8) is 0 Å². The Kier molecular flexibility index (Phi) is 4.72. The van der Waals surface area contributed by atoms with Crippen molar-refractivity contribution in [3.8, 4) is 17.1 Å². The molecule has 29 heavy (non-hydrogen) atoms. The fourth-order valence-electron chi connectivity index (χ4n) is 4.25. The molecule has 0 saturated carbocycles. The molecule has 3 aromatic rings. The Morgan fingerprint density at radius 1 is 0.966 bits per heavy atom. The number of rotatable bonds is 3. The van der Waals surface area contributed by atoms with E-state index in [9.17, 15) is 4.79 Å². The largest absolute Gasteiger partial charge is 0.480 e. The van der Waals surface area contributed by atoms with E-state index in [4.69, 9.17) is 9.72 Å². The second kappa shape index (κ2) is 7.66. The van der Waals surface area contributed by atoms with Crippen molar-refractivity contribution < 1.29 is 9.53 Å². The maximum Gasteiger partial charge on any atom is 0.263 e. The fraction of sp³-hybridized carbons (Fsp3) is 0.292. The van der Waals surface area contributed by atoms with Gasteiger partial charge in [-0.05, 0) is 30.5 Å². The van der Waals surface area contributed by atoms with E-state index in [0.29, 0.717) is 12.3 Å². The standard InChI is InChI=1S/C24H23N3O2/c28-24(22-16-19-8-4-5-9-21(19)29-22)27-14-11-17(12-15-27)20-10-13-25-23(26-20)18-6-2-1-3-7-18/h1-10,13,17,22H,11-12,14-16H2/t22-/m0/s1. The maximum absolute atomic E-state index is 12.9. The Bertz CT molecular complexity index is 988. The second-order valence-corrected chi connectivity index (χ2v) is 7.69. The smallest absolute Gasteiger partial charge is 0.263 e. The van der Waals surface area contributed by atoms with E-state index in [1.54, 1.807) is 0 Å². The number of amides is 1. The quantitative estimate of drug-likeness (QED) is 0.687. The maximum atomic E-state index is 12.9. The lowest BCUT2D eigenvalue weighted by atomic mass is 9.92. The zero-order valence-corrected chi connectivity index (χ0v) is 16.2. The average Bonchev–Trinajstić information content (AvgIpc) is 3.24. The summed E-state index contributed by atoms with van der Waals surface area (Å²) in [6.45, 7) is 1.48. The first-order valence-electron chi connectivity index (χ1n) is 10.2. The van der Waals surface area contributed by atoms with Crippen LogP contribution >= 0.6 is 0 Å². The van der Waals surface area contributed by atoms with E-state index in [2.05, 4.69) is 4.98 Å². The summed E-state index contributed by atoms with van der Waals surface area (Å²) in [7, 11) is 0. The summed E-state index contributed by atoms with van der Waals surface area (Å²) in [5.74, 6) is 2.06. The number of carbonyl (C=O) groups is 1. The molecule has 0 radical (unpaired) electrons. The van der Waals surface area contributed by atoms with E-state index in [1.807, 2.05) is 71.8 Å². The molecular formula is C24H23N3O2. The first-order chi connectivity index (χ1) is 14.3. The molecule has 0 spiro atoms. The van der Waals surface area contributed by atoms with Crippen molar-refractivity contribution in [1.82, 2.24) is 14.9 Å². The van der Waals surface area contributed by atoms with E-state index in [-0.39, 0.29) is 12.0 Å². The van der Waals surface area contributed by atoms with Gasteiger partial charge in [-0.3, -0.25) is 4.79 Å². The van der Waals surface area contributed by atoms with E-state index < -0.39 is 0 Å². The number of fused-ring (bicyclic) bond motifs is 1. The van der Waals surface area contributed by atoms with Gasteiger partial charge in [0.15, 0.2) is 11.9 Å². The van der Waals surface area contributed by atoms with Crippen LogP contribution in [-0.2, 0) is 11.2 Å². The van der Waals surface area contributed by atoms with Crippen LogP contribution in [0.25, 0.3) is 11.4 Å². The predicted octanol–water partition coefficient (Wildman–Crippen LogP) is 3.85. The summed E-state index contributed by atoms with van der Waals surface area (Å²) in [4.78, 5) is 24.1. The fourth-order valence-corrected chi connectivity index (χ4v) is 4.25. The van der Waals surface area contributed by atoms with Crippen molar-refractivity contribution in [2.75, 3.05) is 13.1 Å². The van der Waals surface area contributed by atoms with Crippen LogP contribution in [0, 0.1) is 0 Å². The predicted molar refractivity (Wildman–Crippen MR) is 111 cm³/mol. The molecule has 5 nitrogen and oxygen atoms in total. The van der Waals surface area contributed by atoms with Crippen LogP contribution in [-0.4, -0.2) is 40.0 Å². The topological polar surface area (TPSA) is 55.3 Å². The van der Waals surface area contributed by atoms with Crippen molar-refractivity contribution in [1.29, 1.82) is 0 Å². The van der Waals surface area contributed by atoms with Crippen LogP contribution in [0.15, 0.2) is 66.9 Å². The van der Waals surface area contributed by atoms with Gasteiger partial charge < -0.3 is 9.64 Å². The number of nitrogens with zero attached hydrogens (tertiary/aromatic N) is 3. The number of hydrogen-bond acceptors (Lipinski definition) is 4. The number of ether oxygens (including phenoxy) is 1. The molecule has 1 fully saturated rings. The molecule has 0 aliphatic carbocycles. The molecule has 1 atom stereocenters. The van der Waals surface area contributed by atoms with Gasteiger partial charge in [0.1, 0.15) is 5.75 Å². The molecule has 1 aromatic heterocycles. The van der Waals surface area contributed by atoms with Gasteiger partial charge in [-0.2, -0.15) is 0 Å². The minimum Gasteiger partial charge on any atom is -0.480 e. The number of aromatic nitrogens is 2. The summed E-state index contributed by atoms with van der Waals surface area (Å²) in [6, 6.07) is 20.0. The molecule has 2 aromatic carbocycles. The Morgan fingerprint density at radius 2 is 1.72 bits per heavy atom. The third kappa shape index (κ3) is 3.60. The summed E-state index contributed by atoms with van der Waals surface area (Å²) < 4.78 is 5.89. The van der Waals surface area contributed by atoms with E-state index in [0.717, 1.165) is 54.3 Å². The molecule has 146 valence electrons. The highest BCUT2D eigenvalue weighted by molar-refractivity contribution is 5.82. The van der Waals surface area contributed by atoms with E-state index in [1.165, 1.54) is 0 Å². The van der Waals surface area contributed by atoms with Crippen LogP contribution < -0.4 is 4.74 Å². The van der Waals surface area contributed by atoms with Crippen molar-refractivity contribution in [2.45, 2.75) is 31.3 Å². The molecule has 5 heteroatoms. The normalized spacial score (nSPS) is 18.9. The number of piperidine rings is 1. The second-order valence-electron chi connectivity index (χ2n) is 7.69. The van der Waals surface area contributed by atoms with Gasteiger partial charge in [-0.15, -0.1) is 0 Å². The number of benzene rings is 2. The summed E-state index contributed by atoms with van der Waals surface area (Å²) in [5, 5.41) is 0. The zero-order valence-electron chi connectivity index (χ0n) is 16.2. The van der Waals surface area contributed by atoms with Gasteiger partial charge in [0.25, 0.3) is 5.91 Å². The highest BCUT2D eigenvalue weighted by Gasteiger charge is 2.34. The van der Waals surface area contributed by atoms with Gasteiger partial charge in [-0.25, -0.2) is 9.97 Å². The third-order valence-corrected chi connectivity index (χ3v) is 5.86. The molecule has 2 aliphatic rings. The molecule has 3 heterocycles. The number of carbonyl (C=O) groups excluding carboxylic acids is 1.